The molecule has 0 atom stereocenters. The predicted molar refractivity (Wildman–Crippen MR) is 156 cm³/mol. The summed E-state index contributed by atoms with van der Waals surface area (Å²) in [5, 5.41) is 19.7. The fraction of sp³-hybridized carbons (Fsp3) is 0.407. The number of fused-ring (bicyclic) bond motifs is 1. The largest absolute Gasteiger partial charge is 0.496 e. The fourth-order valence-corrected chi connectivity index (χ4v) is 5.49. The van der Waals surface area contributed by atoms with E-state index in [-0.39, 0.29) is 19.0 Å². The maximum Gasteiger partial charge on any atom is 0.333 e. The van der Waals surface area contributed by atoms with Crippen LogP contribution in [0.5, 0.6) is 5.75 Å². The molecule has 1 aromatic carbocycles. The van der Waals surface area contributed by atoms with E-state index in [0.29, 0.717) is 32.1 Å². The van der Waals surface area contributed by atoms with Crippen LogP contribution in [0.25, 0.3) is 15.2 Å². The van der Waals surface area contributed by atoms with E-state index in [0.717, 1.165) is 4.57 Å². The Hall–Kier alpha value is -4.37. The molecule has 0 aliphatic carbocycles. The average Bonchev–Trinajstić information content (AvgIpc) is 3.56. The molecule has 0 saturated heterocycles. The number of aromatic nitrogens is 5. The molecule has 42 heavy (non-hydrogen) atoms. The lowest BCUT2D eigenvalue weighted by Gasteiger charge is -2.27. The highest BCUT2D eigenvalue weighted by Crippen LogP contribution is 2.31. The summed E-state index contributed by atoms with van der Waals surface area (Å²) in [5.74, 6) is -1.09. The van der Waals surface area contributed by atoms with E-state index in [9.17, 15) is 23.6 Å². The number of aryl methyl sites for hydroxylation is 3. The number of halogens is 1. The quantitative estimate of drug-likeness (QED) is 0.256. The Morgan fingerprint density at radius 2 is 1.83 bits per heavy atom. The number of aliphatic hydroxyl groups is 1. The van der Waals surface area contributed by atoms with E-state index in [1.54, 1.807) is 20.8 Å². The molecule has 2 amide bonds. The van der Waals surface area contributed by atoms with E-state index >= 15 is 0 Å². The minimum Gasteiger partial charge on any atom is -0.496 e. The first-order valence-electron chi connectivity index (χ1n) is 12.9. The maximum absolute atomic E-state index is 14.0. The third-order valence-electron chi connectivity index (χ3n) is 6.33. The number of aliphatic hydroxyl groups excluding tert-OH is 1. The van der Waals surface area contributed by atoms with Crippen molar-refractivity contribution in [2.24, 2.45) is 5.73 Å². The Balaban J connectivity index is 0.000000892. The second kappa shape index (κ2) is 13.1. The van der Waals surface area contributed by atoms with Crippen LogP contribution < -0.4 is 27.0 Å². The van der Waals surface area contributed by atoms with Gasteiger partial charge in [-0.2, -0.15) is 10.2 Å². The van der Waals surface area contributed by atoms with Crippen LogP contribution in [0.1, 0.15) is 38.8 Å². The smallest absolute Gasteiger partial charge is 0.333 e. The number of nitrogens with one attached hydrogen (secondary N) is 1. The number of methoxy groups -OCH3 is 1. The molecular formula is C27H34FN7O6S. The van der Waals surface area contributed by atoms with Crippen molar-refractivity contribution in [1.29, 1.82) is 0 Å². The van der Waals surface area contributed by atoms with Gasteiger partial charge in [-0.1, -0.05) is 11.3 Å². The lowest BCUT2D eigenvalue weighted by molar-refractivity contribution is -0.129. The van der Waals surface area contributed by atoms with E-state index in [4.69, 9.17) is 9.84 Å². The summed E-state index contributed by atoms with van der Waals surface area (Å²) >= 11 is 1.20. The average molecular weight is 604 g/mol. The lowest BCUT2D eigenvalue weighted by Crippen LogP contribution is -2.56. The molecule has 0 aliphatic rings. The standard InChI is InChI=1S/C25H29FN6O4S.C2H5NO2/c1-14(2)29-23(34)25(4,5)31-20(33)19-15(3)21(32-27-10-11-28-32)37-22(19)30(24(31)35)12-9-16-13-17(26)7-8-18(16)36-6;3-2(5)1-4/h7-8,10-11,13-14H,9,12H2,1-6H3,(H,29,34);4H,1H2,(H2,3,5). The van der Waals surface area contributed by atoms with Gasteiger partial charge in [-0.15, -0.1) is 4.80 Å². The number of carbonyl (C=O) groups excluding carboxylic acids is 2. The van der Waals surface area contributed by atoms with Crippen LogP contribution in [0.3, 0.4) is 0 Å². The van der Waals surface area contributed by atoms with Crippen molar-refractivity contribution in [2.75, 3.05) is 13.7 Å². The lowest BCUT2D eigenvalue weighted by atomic mass is 10.0. The SMILES string of the molecule is COc1ccc(F)cc1CCn1c(=O)n(C(C)(C)C(=O)NC(C)C)c(=O)c2c(C)c(-n3nccn3)sc21.NC(=O)CO. The van der Waals surface area contributed by atoms with Crippen molar-refractivity contribution in [3.8, 4) is 10.8 Å². The second-order valence-electron chi connectivity index (χ2n) is 10.1. The molecule has 226 valence electrons. The number of carbonyl (C=O) groups is 2. The molecular weight excluding hydrogens is 569 g/mol. The van der Waals surface area contributed by atoms with Crippen LogP contribution in [0.4, 0.5) is 4.39 Å². The zero-order valence-electron chi connectivity index (χ0n) is 24.2. The van der Waals surface area contributed by atoms with E-state index in [1.165, 1.54) is 72.3 Å². The van der Waals surface area contributed by atoms with Crippen LogP contribution >= 0.6 is 11.3 Å². The number of nitrogens with zero attached hydrogens (tertiary/aromatic N) is 5. The number of primary amides is 1. The molecule has 4 N–H and O–H groups in total. The summed E-state index contributed by atoms with van der Waals surface area (Å²) in [5.41, 5.74) is 2.86. The van der Waals surface area contributed by atoms with E-state index in [2.05, 4.69) is 21.2 Å². The van der Waals surface area contributed by atoms with Crippen molar-refractivity contribution < 1.29 is 23.8 Å². The number of ether oxygens (including phenoxy) is 1. The van der Waals surface area contributed by atoms with Crippen molar-refractivity contribution in [3.63, 3.8) is 0 Å². The zero-order valence-corrected chi connectivity index (χ0v) is 25.0. The fourth-order valence-electron chi connectivity index (χ4n) is 4.25. The second-order valence-corrected chi connectivity index (χ2v) is 11.1. The highest BCUT2D eigenvalue weighted by Gasteiger charge is 2.35. The summed E-state index contributed by atoms with van der Waals surface area (Å²) in [6.07, 6.45) is 3.29. The van der Waals surface area contributed by atoms with Crippen molar-refractivity contribution >= 4 is 33.4 Å². The van der Waals surface area contributed by atoms with E-state index < -0.39 is 41.0 Å². The van der Waals surface area contributed by atoms with Gasteiger partial charge in [0.15, 0.2) is 0 Å². The third-order valence-corrected chi connectivity index (χ3v) is 7.61. The minimum absolute atomic E-state index is 0.114. The summed E-state index contributed by atoms with van der Waals surface area (Å²) in [6.45, 7) is 8.00. The highest BCUT2D eigenvalue weighted by atomic mass is 32.1. The van der Waals surface area contributed by atoms with Crippen molar-refractivity contribution in [1.82, 2.24) is 29.4 Å². The Morgan fingerprint density at radius 1 is 1.21 bits per heavy atom. The monoisotopic (exact) mass is 603 g/mol. The molecule has 13 nitrogen and oxygen atoms in total. The minimum atomic E-state index is -1.48. The Bertz CT molecular complexity index is 1710. The molecule has 3 heterocycles. The number of amides is 2. The first-order chi connectivity index (χ1) is 19.7. The zero-order chi connectivity index (χ0) is 31.4. The Morgan fingerprint density at radius 3 is 2.38 bits per heavy atom. The van der Waals surface area contributed by atoms with Crippen LogP contribution in [-0.2, 0) is 28.1 Å². The van der Waals surface area contributed by atoms with Crippen LogP contribution in [0, 0.1) is 12.7 Å². The van der Waals surface area contributed by atoms with Gasteiger partial charge in [0.05, 0.1) is 24.9 Å². The molecule has 4 rings (SSSR count). The molecule has 3 aromatic heterocycles. The summed E-state index contributed by atoms with van der Waals surface area (Å²) in [6, 6.07) is 4.00. The number of rotatable bonds is 9. The molecule has 0 fully saturated rings. The number of benzene rings is 1. The molecule has 0 spiro atoms. The third kappa shape index (κ3) is 6.57. The first kappa shape index (κ1) is 32.1. The molecule has 0 aliphatic heterocycles. The molecule has 0 radical (unpaired) electrons. The summed E-state index contributed by atoms with van der Waals surface area (Å²) in [7, 11) is 1.49. The number of nitrogens with two attached hydrogens (primary N) is 1. The predicted octanol–water partition coefficient (Wildman–Crippen LogP) is 1.23. The maximum atomic E-state index is 14.0. The van der Waals surface area contributed by atoms with E-state index in [1.807, 2.05) is 0 Å². The van der Waals surface area contributed by atoms with Crippen LogP contribution in [-0.4, -0.2) is 60.8 Å². The first-order valence-corrected chi connectivity index (χ1v) is 13.7. The number of hydrogen-bond acceptors (Lipinski definition) is 9. The van der Waals surface area contributed by atoms with Crippen LogP contribution in [0.15, 0.2) is 40.2 Å². The number of thiophene rings is 1. The highest BCUT2D eigenvalue weighted by molar-refractivity contribution is 7.21. The Kier molecular flexibility index (Phi) is 10.0. The normalized spacial score (nSPS) is 11.4. The van der Waals surface area contributed by atoms with Gasteiger partial charge >= 0.3 is 5.69 Å². The summed E-state index contributed by atoms with van der Waals surface area (Å²) in [4.78, 5) is 52.0. The summed E-state index contributed by atoms with van der Waals surface area (Å²) < 4.78 is 21.8. The van der Waals surface area contributed by atoms with Gasteiger partial charge in [0.25, 0.3) is 5.56 Å². The van der Waals surface area contributed by atoms with Gasteiger partial charge in [-0.3, -0.25) is 19.0 Å². The van der Waals surface area contributed by atoms with Crippen LogP contribution in [0.2, 0.25) is 0 Å². The molecule has 4 aromatic rings. The topological polar surface area (TPSA) is 176 Å². The van der Waals surface area contributed by atoms with Gasteiger partial charge < -0.3 is 20.9 Å². The molecule has 0 unspecified atom stereocenters. The van der Waals surface area contributed by atoms with Gasteiger partial charge in [0.1, 0.15) is 33.5 Å². The van der Waals surface area contributed by atoms with Gasteiger partial charge in [-0.05, 0) is 64.8 Å². The van der Waals surface area contributed by atoms with Gasteiger partial charge in [0.2, 0.25) is 11.8 Å². The van der Waals surface area contributed by atoms with Crippen molar-refractivity contribution in [2.45, 2.75) is 59.2 Å². The molecule has 0 bridgehead atoms. The van der Waals surface area contributed by atoms with Crippen molar-refractivity contribution in [3.05, 3.63) is 68.4 Å². The Labute approximate surface area is 244 Å². The molecule has 0 saturated carbocycles. The van der Waals surface area contributed by atoms with Gasteiger partial charge in [-0.25, -0.2) is 13.8 Å². The molecule has 15 heteroatoms. The van der Waals surface area contributed by atoms with Gasteiger partial charge in [0, 0.05) is 18.2 Å². The number of hydrogen-bond donors (Lipinski definition) is 3.